The van der Waals surface area contributed by atoms with E-state index in [1.165, 1.54) is 12.0 Å². The maximum absolute atomic E-state index is 11.7. The van der Waals surface area contributed by atoms with Gasteiger partial charge in [0, 0.05) is 0 Å². The lowest BCUT2D eigenvalue weighted by molar-refractivity contribution is -0.152. The van der Waals surface area contributed by atoms with Crippen molar-refractivity contribution in [2.24, 2.45) is 5.73 Å². The van der Waals surface area contributed by atoms with E-state index in [1.54, 1.807) is 12.2 Å². The summed E-state index contributed by atoms with van der Waals surface area (Å²) in [4.78, 5) is 24.7. The fraction of sp³-hybridized carbons (Fsp3) is 0.500. The molecule has 1 amide bonds. The van der Waals surface area contributed by atoms with Gasteiger partial charge in [-0.25, -0.2) is 4.79 Å². The number of hydrogen-bond donors (Lipinski definition) is 1. The first kappa shape index (κ1) is 13.4. The van der Waals surface area contributed by atoms with Gasteiger partial charge in [-0.2, -0.15) is 0 Å². The number of rotatable bonds is 5. The number of methoxy groups -OCH3 is 1. The minimum atomic E-state index is -0.557. The summed E-state index contributed by atoms with van der Waals surface area (Å²) in [5.41, 5.74) is 5.97. The van der Waals surface area contributed by atoms with Gasteiger partial charge >= 0.3 is 5.97 Å². The zero-order valence-electron chi connectivity index (χ0n) is 10.2. The molecule has 0 bridgehead atoms. The second kappa shape index (κ2) is 5.63. The molecule has 5 heteroatoms. The maximum Gasteiger partial charge on any atom is 0.354 e. The lowest BCUT2D eigenvalue weighted by Gasteiger charge is -2.45. The van der Waals surface area contributed by atoms with Crippen molar-refractivity contribution in [2.45, 2.75) is 31.8 Å². The number of ether oxygens (including phenoxy) is 1. The van der Waals surface area contributed by atoms with Gasteiger partial charge in [-0.05, 0) is 12.8 Å². The molecule has 0 spiro atoms. The lowest BCUT2D eigenvalue weighted by atomic mass is 9.91. The topological polar surface area (TPSA) is 72.6 Å². The highest BCUT2D eigenvalue weighted by Crippen LogP contribution is 2.27. The van der Waals surface area contributed by atoms with Gasteiger partial charge in [-0.3, -0.25) is 9.69 Å². The van der Waals surface area contributed by atoms with Crippen molar-refractivity contribution in [1.29, 1.82) is 0 Å². The Morgan fingerprint density at radius 3 is 2.76 bits per heavy atom. The van der Waals surface area contributed by atoms with Crippen LogP contribution in [0, 0.1) is 0 Å². The Hall–Kier alpha value is -1.62. The Morgan fingerprint density at radius 1 is 1.65 bits per heavy atom. The minimum Gasteiger partial charge on any atom is -0.464 e. The molecule has 2 N–H and O–H groups in total. The normalized spacial score (nSPS) is 24.3. The van der Waals surface area contributed by atoms with E-state index in [9.17, 15) is 9.59 Å². The van der Waals surface area contributed by atoms with Gasteiger partial charge in [0.2, 0.25) is 5.91 Å². The molecule has 94 valence electrons. The molecule has 0 aromatic heterocycles. The number of β-lactam (4-membered cyclic amide) rings is 1. The number of amides is 1. The number of esters is 1. The molecule has 0 unspecified atom stereocenters. The quantitative estimate of drug-likeness (QED) is 0.329. The molecule has 0 saturated carbocycles. The number of allylic oxidation sites excluding steroid dienone is 1. The third kappa shape index (κ3) is 2.39. The van der Waals surface area contributed by atoms with Crippen LogP contribution in [0.1, 0.15) is 19.8 Å². The van der Waals surface area contributed by atoms with Gasteiger partial charge in [0.1, 0.15) is 11.7 Å². The number of nitrogens with zero attached hydrogens (tertiary/aromatic N) is 1. The molecule has 1 aliphatic rings. The number of carbonyl (C=O) groups excluding carboxylic acids is 2. The van der Waals surface area contributed by atoms with Crippen molar-refractivity contribution in [3.05, 3.63) is 24.4 Å². The van der Waals surface area contributed by atoms with E-state index in [0.717, 1.165) is 0 Å². The molecule has 0 radical (unpaired) electrons. The van der Waals surface area contributed by atoms with Crippen LogP contribution in [-0.2, 0) is 14.3 Å². The second-order valence-corrected chi connectivity index (χ2v) is 3.81. The van der Waals surface area contributed by atoms with Gasteiger partial charge < -0.3 is 10.5 Å². The summed E-state index contributed by atoms with van der Waals surface area (Å²) in [6, 6.07) is -0.755. The van der Waals surface area contributed by atoms with Crippen molar-refractivity contribution >= 4 is 11.9 Å². The molecule has 1 aliphatic heterocycles. The molecule has 0 aromatic carbocycles. The molecular weight excluding hydrogens is 220 g/mol. The van der Waals surface area contributed by atoms with Gasteiger partial charge in [0.15, 0.2) is 0 Å². The van der Waals surface area contributed by atoms with E-state index in [-0.39, 0.29) is 17.6 Å². The number of likely N-dealkylation sites (tertiary alicyclic amines) is 1. The summed E-state index contributed by atoms with van der Waals surface area (Å²) in [6.45, 7) is 5.50. The van der Waals surface area contributed by atoms with Crippen LogP contribution < -0.4 is 5.73 Å². The Labute approximate surface area is 101 Å². The third-order valence-corrected chi connectivity index (χ3v) is 2.73. The van der Waals surface area contributed by atoms with Crippen molar-refractivity contribution in [2.75, 3.05) is 7.11 Å². The van der Waals surface area contributed by atoms with Gasteiger partial charge in [-0.1, -0.05) is 19.1 Å². The SMILES string of the molecule is C=CC[C@@H]1[C@@H](N)C(=O)N1C(=CCC)C(=O)OC. The number of hydrogen-bond acceptors (Lipinski definition) is 4. The monoisotopic (exact) mass is 238 g/mol. The van der Waals surface area contributed by atoms with E-state index >= 15 is 0 Å². The third-order valence-electron chi connectivity index (χ3n) is 2.73. The highest BCUT2D eigenvalue weighted by molar-refractivity contribution is 5.99. The number of carbonyl (C=O) groups is 2. The molecule has 0 aromatic rings. The highest BCUT2D eigenvalue weighted by Gasteiger charge is 2.47. The predicted molar refractivity (Wildman–Crippen MR) is 63.8 cm³/mol. The summed E-state index contributed by atoms with van der Waals surface area (Å²) in [6.07, 6.45) is 4.56. The molecule has 0 aliphatic carbocycles. The standard InChI is InChI=1S/C12H18N2O3/c1-4-6-8-10(13)11(15)14(8)9(7-5-2)12(16)17-3/h4,7-8,10H,1,5-6,13H2,2-3H3/t8-,10-/m1/s1. The van der Waals surface area contributed by atoms with Gasteiger partial charge in [0.05, 0.1) is 13.2 Å². The summed E-state index contributed by atoms with van der Waals surface area (Å²) >= 11 is 0. The van der Waals surface area contributed by atoms with E-state index in [1.807, 2.05) is 6.92 Å². The summed E-state index contributed by atoms with van der Waals surface area (Å²) in [7, 11) is 1.29. The van der Waals surface area contributed by atoms with E-state index < -0.39 is 12.0 Å². The zero-order chi connectivity index (χ0) is 13.0. The van der Waals surface area contributed by atoms with Crippen LogP contribution >= 0.6 is 0 Å². The van der Waals surface area contributed by atoms with Crippen molar-refractivity contribution < 1.29 is 14.3 Å². The fourth-order valence-electron chi connectivity index (χ4n) is 1.87. The van der Waals surface area contributed by atoms with Crippen LogP contribution in [0.2, 0.25) is 0 Å². The Balaban J connectivity index is 2.94. The van der Waals surface area contributed by atoms with Gasteiger partial charge in [0.25, 0.3) is 0 Å². The van der Waals surface area contributed by atoms with Crippen LogP contribution in [0.3, 0.4) is 0 Å². The maximum atomic E-state index is 11.7. The smallest absolute Gasteiger partial charge is 0.354 e. The Bertz CT molecular complexity index is 363. The predicted octanol–water partition coefficient (Wildman–Crippen LogP) is 0.567. The molecule has 1 saturated heterocycles. The Morgan fingerprint density at radius 2 is 2.29 bits per heavy atom. The molecule has 1 rings (SSSR count). The lowest BCUT2D eigenvalue weighted by Crippen LogP contribution is -2.68. The molecule has 1 heterocycles. The average molecular weight is 238 g/mol. The Kier molecular flexibility index (Phi) is 4.45. The fourth-order valence-corrected chi connectivity index (χ4v) is 1.87. The first-order valence-corrected chi connectivity index (χ1v) is 5.56. The average Bonchev–Trinajstić information content (AvgIpc) is 2.35. The van der Waals surface area contributed by atoms with Crippen LogP contribution in [0.4, 0.5) is 0 Å². The first-order valence-electron chi connectivity index (χ1n) is 5.56. The molecule has 5 nitrogen and oxygen atoms in total. The molecule has 2 atom stereocenters. The van der Waals surface area contributed by atoms with Crippen molar-refractivity contribution in [1.82, 2.24) is 4.90 Å². The van der Waals surface area contributed by atoms with Gasteiger partial charge in [-0.15, -0.1) is 6.58 Å². The van der Waals surface area contributed by atoms with E-state index in [0.29, 0.717) is 12.8 Å². The van der Waals surface area contributed by atoms with Crippen LogP contribution in [0.5, 0.6) is 0 Å². The zero-order valence-corrected chi connectivity index (χ0v) is 10.2. The first-order chi connectivity index (χ1) is 8.08. The van der Waals surface area contributed by atoms with E-state index in [4.69, 9.17) is 5.73 Å². The van der Waals surface area contributed by atoms with Crippen LogP contribution in [-0.4, -0.2) is 36.0 Å². The van der Waals surface area contributed by atoms with E-state index in [2.05, 4.69) is 11.3 Å². The largest absolute Gasteiger partial charge is 0.464 e. The molecular formula is C12H18N2O3. The van der Waals surface area contributed by atoms with Crippen LogP contribution in [0.15, 0.2) is 24.4 Å². The summed E-state index contributed by atoms with van der Waals surface area (Å²) < 4.78 is 4.66. The summed E-state index contributed by atoms with van der Waals surface area (Å²) in [5, 5.41) is 0. The van der Waals surface area contributed by atoms with Crippen molar-refractivity contribution in [3.63, 3.8) is 0 Å². The number of nitrogens with two attached hydrogens (primary N) is 1. The van der Waals surface area contributed by atoms with Crippen molar-refractivity contribution in [3.8, 4) is 0 Å². The van der Waals surface area contributed by atoms with Crippen LogP contribution in [0.25, 0.3) is 0 Å². The summed E-state index contributed by atoms with van der Waals surface area (Å²) in [5.74, 6) is -0.761. The highest BCUT2D eigenvalue weighted by atomic mass is 16.5. The second-order valence-electron chi connectivity index (χ2n) is 3.81. The molecule has 1 fully saturated rings. The molecule has 17 heavy (non-hydrogen) atoms. The minimum absolute atomic E-state index is 0.197.